The van der Waals surface area contributed by atoms with Crippen LogP contribution < -0.4 is 10.6 Å². The zero-order valence-corrected chi connectivity index (χ0v) is 9.68. The minimum Gasteiger partial charge on any atom is -0.351 e. The molecule has 82 valence electrons. The first-order chi connectivity index (χ1) is 6.41. The van der Waals surface area contributed by atoms with E-state index in [1.54, 1.807) is 0 Å². The summed E-state index contributed by atoms with van der Waals surface area (Å²) in [5.41, 5.74) is -0.281. The first-order valence-corrected chi connectivity index (χ1v) is 5.43. The van der Waals surface area contributed by atoms with Gasteiger partial charge in [0, 0.05) is 18.0 Å². The van der Waals surface area contributed by atoms with E-state index in [2.05, 4.69) is 17.6 Å². The minimum absolute atomic E-state index is 0.151. The Labute approximate surface area is 86.6 Å². The second-order valence-electron chi connectivity index (χ2n) is 5.30. The van der Waals surface area contributed by atoms with Gasteiger partial charge in [-0.25, -0.2) is 0 Å². The maximum Gasteiger partial charge on any atom is 0.225 e. The largest absolute Gasteiger partial charge is 0.351 e. The summed E-state index contributed by atoms with van der Waals surface area (Å²) in [5, 5.41) is 6.41. The third kappa shape index (κ3) is 2.98. The maximum absolute atomic E-state index is 11.7. The Balaban J connectivity index is 2.46. The molecule has 3 heteroatoms. The lowest BCUT2D eigenvalue weighted by atomic mass is 9.91. The predicted octanol–water partition coefficient (Wildman–Crippen LogP) is 1.15. The first kappa shape index (κ1) is 11.5. The van der Waals surface area contributed by atoms with Gasteiger partial charge < -0.3 is 10.6 Å². The SMILES string of the molecule is CC1CCNCC1NC(=O)C(C)(C)C. The van der Waals surface area contributed by atoms with Crippen LogP contribution in [0.25, 0.3) is 0 Å². The van der Waals surface area contributed by atoms with E-state index in [9.17, 15) is 4.79 Å². The van der Waals surface area contributed by atoms with E-state index in [1.807, 2.05) is 20.8 Å². The van der Waals surface area contributed by atoms with Crippen molar-refractivity contribution < 1.29 is 4.79 Å². The Morgan fingerprint density at radius 2 is 2.07 bits per heavy atom. The topological polar surface area (TPSA) is 41.1 Å². The first-order valence-electron chi connectivity index (χ1n) is 5.43. The summed E-state index contributed by atoms with van der Waals surface area (Å²) in [6.45, 7) is 10.0. The molecule has 0 aliphatic carbocycles. The molecule has 0 aromatic heterocycles. The highest BCUT2D eigenvalue weighted by molar-refractivity contribution is 5.81. The Kier molecular flexibility index (Phi) is 3.53. The van der Waals surface area contributed by atoms with Crippen LogP contribution in [0.15, 0.2) is 0 Å². The van der Waals surface area contributed by atoms with E-state index in [4.69, 9.17) is 0 Å². The fourth-order valence-corrected chi connectivity index (χ4v) is 1.57. The smallest absolute Gasteiger partial charge is 0.225 e. The standard InChI is InChI=1S/C11H22N2O/c1-8-5-6-12-7-9(8)13-10(14)11(2,3)4/h8-9,12H,5-7H2,1-4H3,(H,13,14). The van der Waals surface area contributed by atoms with Crippen molar-refractivity contribution in [2.75, 3.05) is 13.1 Å². The Hall–Kier alpha value is -0.570. The molecule has 1 fully saturated rings. The number of hydrogen-bond acceptors (Lipinski definition) is 2. The summed E-state index contributed by atoms with van der Waals surface area (Å²) in [7, 11) is 0. The molecule has 1 aliphatic rings. The molecule has 3 nitrogen and oxygen atoms in total. The quantitative estimate of drug-likeness (QED) is 0.663. The van der Waals surface area contributed by atoms with Crippen LogP contribution >= 0.6 is 0 Å². The number of piperidine rings is 1. The Morgan fingerprint density at radius 1 is 1.43 bits per heavy atom. The lowest BCUT2D eigenvalue weighted by Gasteiger charge is -2.32. The van der Waals surface area contributed by atoms with Crippen molar-refractivity contribution in [2.24, 2.45) is 11.3 Å². The Morgan fingerprint density at radius 3 is 2.57 bits per heavy atom. The van der Waals surface area contributed by atoms with Gasteiger partial charge in [0.15, 0.2) is 0 Å². The molecule has 1 rings (SSSR count). The predicted molar refractivity (Wildman–Crippen MR) is 58.0 cm³/mol. The molecule has 1 saturated heterocycles. The van der Waals surface area contributed by atoms with E-state index in [1.165, 1.54) is 0 Å². The molecule has 0 spiro atoms. The Bertz CT molecular complexity index is 208. The number of carbonyl (C=O) groups excluding carboxylic acids is 1. The van der Waals surface area contributed by atoms with Gasteiger partial charge in [0.2, 0.25) is 5.91 Å². The lowest BCUT2D eigenvalue weighted by molar-refractivity contribution is -0.129. The van der Waals surface area contributed by atoms with Gasteiger partial charge in [-0.3, -0.25) is 4.79 Å². The number of rotatable bonds is 1. The summed E-state index contributed by atoms with van der Waals surface area (Å²) >= 11 is 0. The summed E-state index contributed by atoms with van der Waals surface area (Å²) in [6, 6.07) is 0.301. The van der Waals surface area contributed by atoms with Crippen molar-refractivity contribution in [3.63, 3.8) is 0 Å². The van der Waals surface area contributed by atoms with Gasteiger partial charge in [0.05, 0.1) is 0 Å². The van der Waals surface area contributed by atoms with Crippen LogP contribution in [-0.4, -0.2) is 25.0 Å². The van der Waals surface area contributed by atoms with E-state index in [0.717, 1.165) is 19.5 Å². The van der Waals surface area contributed by atoms with Crippen molar-refractivity contribution in [3.05, 3.63) is 0 Å². The maximum atomic E-state index is 11.7. The molecule has 2 unspecified atom stereocenters. The molecular weight excluding hydrogens is 176 g/mol. The average molecular weight is 198 g/mol. The van der Waals surface area contributed by atoms with E-state index < -0.39 is 0 Å². The summed E-state index contributed by atoms with van der Waals surface area (Å²) in [4.78, 5) is 11.7. The van der Waals surface area contributed by atoms with Gasteiger partial charge in [0.25, 0.3) is 0 Å². The molecule has 0 radical (unpaired) electrons. The molecule has 2 atom stereocenters. The second kappa shape index (κ2) is 4.30. The molecular formula is C11H22N2O. The highest BCUT2D eigenvalue weighted by atomic mass is 16.2. The zero-order chi connectivity index (χ0) is 10.8. The molecule has 0 aromatic rings. The van der Waals surface area contributed by atoms with Crippen molar-refractivity contribution >= 4 is 5.91 Å². The number of hydrogen-bond donors (Lipinski definition) is 2. The van der Waals surface area contributed by atoms with E-state index >= 15 is 0 Å². The molecule has 14 heavy (non-hydrogen) atoms. The van der Waals surface area contributed by atoms with Gasteiger partial charge in [-0.2, -0.15) is 0 Å². The highest BCUT2D eigenvalue weighted by Crippen LogP contribution is 2.16. The van der Waals surface area contributed by atoms with Gasteiger partial charge in [-0.15, -0.1) is 0 Å². The molecule has 0 saturated carbocycles. The van der Waals surface area contributed by atoms with Gasteiger partial charge >= 0.3 is 0 Å². The van der Waals surface area contributed by atoms with Crippen molar-refractivity contribution in [3.8, 4) is 0 Å². The van der Waals surface area contributed by atoms with Gasteiger partial charge in [-0.05, 0) is 18.9 Å². The van der Waals surface area contributed by atoms with Gasteiger partial charge in [0.1, 0.15) is 0 Å². The van der Waals surface area contributed by atoms with Crippen LogP contribution in [0.5, 0.6) is 0 Å². The highest BCUT2D eigenvalue weighted by Gasteiger charge is 2.27. The van der Waals surface area contributed by atoms with Gasteiger partial charge in [-0.1, -0.05) is 27.7 Å². The number of carbonyl (C=O) groups is 1. The number of nitrogens with one attached hydrogen (secondary N) is 2. The molecule has 1 amide bonds. The monoisotopic (exact) mass is 198 g/mol. The zero-order valence-electron chi connectivity index (χ0n) is 9.68. The third-order valence-corrected chi connectivity index (χ3v) is 2.83. The molecule has 0 bridgehead atoms. The van der Waals surface area contributed by atoms with Crippen LogP contribution in [0.1, 0.15) is 34.1 Å². The second-order valence-corrected chi connectivity index (χ2v) is 5.30. The summed E-state index contributed by atoms with van der Waals surface area (Å²) in [5.74, 6) is 0.737. The summed E-state index contributed by atoms with van der Waals surface area (Å²) < 4.78 is 0. The fourth-order valence-electron chi connectivity index (χ4n) is 1.57. The molecule has 0 aromatic carbocycles. The van der Waals surface area contributed by atoms with Crippen LogP contribution in [-0.2, 0) is 4.79 Å². The molecule has 2 N–H and O–H groups in total. The molecule has 1 heterocycles. The van der Waals surface area contributed by atoms with Crippen molar-refractivity contribution in [2.45, 2.75) is 40.2 Å². The lowest BCUT2D eigenvalue weighted by Crippen LogP contribution is -2.52. The van der Waals surface area contributed by atoms with E-state index in [0.29, 0.717) is 12.0 Å². The fraction of sp³-hybridized carbons (Fsp3) is 0.909. The normalized spacial score (nSPS) is 28.6. The minimum atomic E-state index is -0.281. The number of amides is 1. The van der Waals surface area contributed by atoms with Crippen LogP contribution in [0.4, 0.5) is 0 Å². The van der Waals surface area contributed by atoms with Crippen molar-refractivity contribution in [1.82, 2.24) is 10.6 Å². The van der Waals surface area contributed by atoms with Crippen molar-refractivity contribution in [1.29, 1.82) is 0 Å². The van der Waals surface area contributed by atoms with Crippen LogP contribution in [0.3, 0.4) is 0 Å². The summed E-state index contributed by atoms with van der Waals surface area (Å²) in [6.07, 6.45) is 1.15. The van der Waals surface area contributed by atoms with E-state index in [-0.39, 0.29) is 11.3 Å². The van der Waals surface area contributed by atoms with Crippen LogP contribution in [0.2, 0.25) is 0 Å². The van der Waals surface area contributed by atoms with Crippen LogP contribution in [0, 0.1) is 11.3 Å². The molecule has 1 aliphatic heterocycles. The third-order valence-electron chi connectivity index (χ3n) is 2.83. The average Bonchev–Trinajstić information content (AvgIpc) is 2.07.